The minimum atomic E-state index is -1.16. The van der Waals surface area contributed by atoms with Gasteiger partial charge in [-0.3, -0.25) is 14.5 Å². The number of β-lactam (4-membered cyclic amide) rings is 1. The molecule has 2 atom stereocenters. The second-order valence-corrected chi connectivity index (χ2v) is 10.3. The third-order valence-electron chi connectivity index (χ3n) is 4.13. The zero-order valence-corrected chi connectivity index (χ0v) is 17.9. The van der Waals surface area contributed by atoms with E-state index in [4.69, 9.17) is 0 Å². The van der Waals surface area contributed by atoms with Gasteiger partial charge in [-0.05, 0) is 23.7 Å². The molecule has 0 spiro atoms. The zero-order valence-electron chi connectivity index (χ0n) is 14.7. The molecule has 0 bridgehead atoms. The fourth-order valence-corrected chi connectivity index (χ4v) is 6.68. The first-order valence-electron chi connectivity index (χ1n) is 8.38. The number of carbonyl (C=O) groups excluding carboxylic acids is 2. The molecule has 2 aliphatic heterocycles. The van der Waals surface area contributed by atoms with E-state index in [9.17, 15) is 19.5 Å². The molecule has 2 amide bonds. The molecule has 12 heteroatoms. The van der Waals surface area contributed by atoms with Crippen molar-refractivity contribution in [2.24, 2.45) is 0 Å². The van der Waals surface area contributed by atoms with Crippen molar-refractivity contribution in [2.45, 2.75) is 20.5 Å². The van der Waals surface area contributed by atoms with E-state index in [2.05, 4.69) is 14.9 Å². The summed E-state index contributed by atoms with van der Waals surface area (Å²) in [5.41, 5.74) is -0.0266. The number of hydrogen-bond acceptors (Lipinski definition) is 9. The quantitative estimate of drug-likeness (QED) is 0.468. The third kappa shape index (κ3) is 4.29. The minimum absolute atomic E-state index is 0.0266. The van der Waals surface area contributed by atoms with Gasteiger partial charge in [0.15, 0.2) is 0 Å². The Labute approximate surface area is 182 Å². The predicted octanol–water partition coefficient (Wildman–Crippen LogP) is 2.12. The van der Waals surface area contributed by atoms with Gasteiger partial charge in [0.25, 0.3) is 5.91 Å². The first-order chi connectivity index (χ1) is 14.0. The average molecular weight is 467 g/mol. The molecule has 1 fully saturated rings. The standard InChI is InChI=1S/C17H14N4O4S4/c22-11(8-26-9-4-2-1-3-5-9)19-13-15(23)21-14(17(24)25)10(7-27-16(13)21)28-12-6-18-20-29-12/h1-6,13,16H,7-8H2,(H,19,22)(H,24,25)/t13-,16+/m1/s1. The SMILES string of the molecule is O=C(CSc1ccccc1)N[C@@H]1C(=O)N2C(C(=O)O)=C(Sc3cnns3)CS[C@@H]12. The highest BCUT2D eigenvalue weighted by Gasteiger charge is 2.54. The molecule has 2 aromatic rings. The summed E-state index contributed by atoms with van der Waals surface area (Å²) in [5, 5.41) is 15.7. The lowest BCUT2D eigenvalue weighted by molar-refractivity contribution is -0.150. The maximum atomic E-state index is 12.6. The molecule has 1 aromatic heterocycles. The van der Waals surface area contributed by atoms with Crippen molar-refractivity contribution in [2.75, 3.05) is 11.5 Å². The van der Waals surface area contributed by atoms with Gasteiger partial charge in [0, 0.05) is 15.6 Å². The summed E-state index contributed by atoms with van der Waals surface area (Å²) >= 11 is 5.24. The summed E-state index contributed by atoms with van der Waals surface area (Å²) in [6, 6.07) is 8.79. The lowest BCUT2D eigenvalue weighted by Crippen LogP contribution is -2.70. The number of carboxylic acids is 1. The number of nitrogens with zero attached hydrogens (tertiary/aromatic N) is 3. The van der Waals surface area contributed by atoms with Crippen LogP contribution in [0.3, 0.4) is 0 Å². The summed E-state index contributed by atoms with van der Waals surface area (Å²) in [4.78, 5) is 39.5. The van der Waals surface area contributed by atoms with Crippen LogP contribution in [0, 0.1) is 0 Å². The molecule has 4 rings (SSSR count). The third-order valence-corrected chi connectivity index (χ3v) is 8.43. The number of fused-ring (bicyclic) bond motifs is 1. The lowest BCUT2D eigenvalue weighted by atomic mass is 10.1. The van der Waals surface area contributed by atoms with E-state index >= 15 is 0 Å². The Kier molecular flexibility index (Phi) is 6.13. The van der Waals surface area contributed by atoms with Crippen LogP contribution < -0.4 is 5.32 Å². The number of carboxylic acid groups (broad SMARTS) is 1. The summed E-state index contributed by atoms with van der Waals surface area (Å²) in [7, 11) is 0. The van der Waals surface area contributed by atoms with Crippen LogP contribution in [0.5, 0.6) is 0 Å². The first kappa shape index (κ1) is 20.3. The van der Waals surface area contributed by atoms with Crippen LogP contribution in [0.4, 0.5) is 0 Å². The van der Waals surface area contributed by atoms with Crippen molar-refractivity contribution in [3.63, 3.8) is 0 Å². The van der Waals surface area contributed by atoms with Crippen LogP contribution in [0.25, 0.3) is 0 Å². The van der Waals surface area contributed by atoms with Crippen molar-refractivity contribution in [1.82, 2.24) is 19.8 Å². The summed E-state index contributed by atoms with van der Waals surface area (Å²) in [5.74, 6) is -1.20. The second kappa shape index (κ2) is 8.78. The van der Waals surface area contributed by atoms with E-state index < -0.39 is 23.3 Å². The molecular weight excluding hydrogens is 452 g/mol. The van der Waals surface area contributed by atoms with Gasteiger partial charge in [0.05, 0.1) is 11.9 Å². The first-order valence-corrected chi connectivity index (χ1v) is 12.0. The summed E-state index contributed by atoms with van der Waals surface area (Å²) in [6.07, 6.45) is 1.56. The highest BCUT2D eigenvalue weighted by molar-refractivity contribution is 8.07. The monoisotopic (exact) mass is 466 g/mol. The van der Waals surface area contributed by atoms with Crippen LogP contribution in [0.15, 0.2) is 56.2 Å². The molecular formula is C17H14N4O4S4. The predicted molar refractivity (Wildman–Crippen MR) is 113 cm³/mol. The Balaban J connectivity index is 1.41. The van der Waals surface area contributed by atoms with Crippen molar-refractivity contribution in [3.05, 3.63) is 47.1 Å². The number of hydrogen-bond donors (Lipinski definition) is 2. The second-order valence-electron chi connectivity index (χ2n) is 5.97. The van der Waals surface area contributed by atoms with Crippen LogP contribution >= 0.6 is 46.8 Å². The van der Waals surface area contributed by atoms with Crippen LogP contribution in [0.1, 0.15) is 0 Å². The fourth-order valence-electron chi connectivity index (χ4n) is 2.87. The fraction of sp³-hybridized carbons (Fsp3) is 0.235. The Morgan fingerprint density at radius 2 is 2.10 bits per heavy atom. The van der Waals surface area contributed by atoms with Gasteiger partial charge in [-0.2, -0.15) is 0 Å². The largest absolute Gasteiger partial charge is 0.477 e. The van der Waals surface area contributed by atoms with Gasteiger partial charge < -0.3 is 10.4 Å². The molecule has 150 valence electrons. The number of thioether (sulfide) groups is 3. The average Bonchev–Trinajstić information content (AvgIpc) is 3.23. The Morgan fingerprint density at radius 3 is 2.79 bits per heavy atom. The van der Waals surface area contributed by atoms with Crippen LogP contribution in [0.2, 0.25) is 0 Å². The number of benzene rings is 1. The molecule has 29 heavy (non-hydrogen) atoms. The zero-order chi connectivity index (χ0) is 20.4. The molecule has 0 unspecified atom stereocenters. The number of amides is 2. The summed E-state index contributed by atoms with van der Waals surface area (Å²) < 4.78 is 4.53. The number of aromatic nitrogens is 2. The van der Waals surface area contributed by atoms with Crippen molar-refractivity contribution in [3.8, 4) is 0 Å². The molecule has 0 radical (unpaired) electrons. The van der Waals surface area contributed by atoms with Crippen molar-refractivity contribution < 1.29 is 19.5 Å². The summed E-state index contributed by atoms with van der Waals surface area (Å²) in [6.45, 7) is 0. The lowest BCUT2D eigenvalue weighted by Gasteiger charge is -2.49. The Morgan fingerprint density at radius 1 is 1.31 bits per heavy atom. The van der Waals surface area contributed by atoms with Crippen molar-refractivity contribution >= 4 is 64.6 Å². The molecule has 0 saturated carbocycles. The maximum Gasteiger partial charge on any atom is 0.353 e. The number of rotatable bonds is 7. The van der Waals surface area contributed by atoms with Gasteiger partial charge in [-0.1, -0.05) is 34.4 Å². The van der Waals surface area contributed by atoms with Gasteiger partial charge in [0.1, 0.15) is 21.3 Å². The van der Waals surface area contributed by atoms with Crippen LogP contribution in [-0.4, -0.2) is 60.3 Å². The highest BCUT2D eigenvalue weighted by atomic mass is 32.2. The van der Waals surface area contributed by atoms with E-state index in [1.165, 1.54) is 51.7 Å². The number of aliphatic carboxylic acids is 1. The van der Waals surface area contributed by atoms with E-state index in [1.807, 2.05) is 30.3 Å². The highest BCUT2D eigenvalue weighted by Crippen LogP contribution is 2.45. The molecule has 3 heterocycles. The minimum Gasteiger partial charge on any atom is -0.477 e. The molecule has 2 aliphatic rings. The molecule has 0 aliphatic carbocycles. The topological polar surface area (TPSA) is 112 Å². The number of carbonyl (C=O) groups is 3. The van der Waals surface area contributed by atoms with E-state index in [0.717, 1.165) is 9.10 Å². The van der Waals surface area contributed by atoms with Gasteiger partial charge in [0.2, 0.25) is 5.91 Å². The van der Waals surface area contributed by atoms with Gasteiger partial charge in [-0.25, -0.2) is 4.79 Å². The molecule has 1 saturated heterocycles. The van der Waals surface area contributed by atoms with E-state index in [0.29, 0.717) is 10.7 Å². The normalized spacial score (nSPS) is 20.8. The van der Waals surface area contributed by atoms with Gasteiger partial charge >= 0.3 is 5.97 Å². The Bertz CT molecular complexity index is 967. The van der Waals surface area contributed by atoms with Crippen LogP contribution in [-0.2, 0) is 14.4 Å². The molecule has 8 nitrogen and oxygen atoms in total. The van der Waals surface area contributed by atoms with Gasteiger partial charge in [-0.15, -0.1) is 28.6 Å². The smallest absolute Gasteiger partial charge is 0.353 e. The number of nitrogens with one attached hydrogen (secondary N) is 1. The Hall–Kier alpha value is -2.02. The molecule has 1 aromatic carbocycles. The molecule has 2 N–H and O–H groups in total. The maximum absolute atomic E-state index is 12.6. The van der Waals surface area contributed by atoms with E-state index in [1.54, 1.807) is 6.20 Å². The van der Waals surface area contributed by atoms with E-state index in [-0.39, 0.29) is 17.4 Å². The van der Waals surface area contributed by atoms with Crippen molar-refractivity contribution in [1.29, 1.82) is 0 Å².